The summed E-state index contributed by atoms with van der Waals surface area (Å²) in [5.74, 6) is 0.0308. The molecule has 0 saturated heterocycles. The molecule has 5 rings (SSSR count). The van der Waals surface area contributed by atoms with E-state index >= 15 is 4.39 Å². The molecule has 0 fully saturated rings. The van der Waals surface area contributed by atoms with E-state index in [2.05, 4.69) is 26.7 Å². The van der Waals surface area contributed by atoms with Gasteiger partial charge in [0.25, 0.3) is 0 Å². The number of aromatic nitrogens is 2. The average molecular weight is 522 g/mol. The van der Waals surface area contributed by atoms with E-state index in [0.29, 0.717) is 28.1 Å². The molecule has 3 aromatic carbocycles. The maximum atomic E-state index is 15.1. The summed E-state index contributed by atoms with van der Waals surface area (Å²) in [5.41, 5.74) is 5.37. The molecule has 0 unspecified atom stereocenters. The molecule has 0 saturated carbocycles. The number of benzene rings is 3. The van der Waals surface area contributed by atoms with Crippen molar-refractivity contribution in [1.29, 1.82) is 5.26 Å². The standard InChI is InChI=1S/C30H24FN5O3/c1-18-23-11-12-34-27(23)10-9-26(18)35-29-21(14-32)15-33-16-24(29)20-5-8-28(25(31)13-20)36-30(37)39-17-19-3-6-22(38-2)7-4-19/h3-13,15-16,34H,17H2,1-2H3,(H,33,35)(H,36,37). The van der Waals surface area contributed by atoms with E-state index in [0.717, 1.165) is 27.7 Å². The summed E-state index contributed by atoms with van der Waals surface area (Å²) in [6.07, 6.45) is 4.11. The van der Waals surface area contributed by atoms with Crippen molar-refractivity contribution < 1.29 is 18.7 Å². The second kappa shape index (κ2) is 10.9. The van der Waals surface area contributed by atoms with Gasteiger partial charge in [0, 0.05) is 40.7 Å². The van der Waals surface area contributed by atoms with Crippen LogP contribution in [0.15, 0.2) is 79.3 Å². The van der Waals surface area contributed by atoms with Crippen LogP contribution in [0.3, 0.4) is 0 Å². The third kappa shape index (κ3) is 5.36. The van der Waals surface area contributed by atoms with E-state index in [1.54, 1.807) is 43.6 Å². The van der Waals surface area contributed by atoms with Gasteiger partial charge >= 0.3 is 6.09 Å². The molecular weight excluding hydrogens is 497 g/mol. The van der Waals surface area contributed by atoms with Gasteiger partial charge < -0.3 is 19.8 Å². The molecule has 0 atom stereocenters. The molecule has 0 spiro atoms. The fourth-order valence-electron chi connectivity index (χ4n) is 4.25. The molecule has 39 heavy (non-hydrogen) atoms. The number of carbonyl (C=O) groups is 1. The lowest BCUT2D eigenvalue weighted by atomic mass is 10.0. The summed E-state index contributed by atoms with van der Waals surface area (Å²) < 4.78 is 25.4. The molecule has 0 aliphatic carbocycles. The maximum Gasteiger partial charge on any atom is 0.412 e. The normalized spacial score (nSPS) is 10.6. The third-order valence-electron chi connectivity index (χ3n) is 6.38. The molecule has 8 nitrogen and oxygen atoms in total. The van der Waals surface area contributed by atoms with Crippen LogP contribution in [0.4, 0.5) is 26.2 Å². The van der Waals surface area contributed by atoms with Crippen LogP contribution in [0.2, 0.25) is 0 Å². The minimum absolute atomic E-state index is 0.0190. The number of nitriles is 1. The van der Waals surface area contributed by atoms with Crippen LogP contribution in [0.25, 0.3) is 22.0 Å². The van der Waals surface area contributed by atoms with Gasteiger partial charge in [0.1, 0.15) is 24.2 Å². The zero-order chi connectivity index (χ0) is 27.4. The van der Waals surface area contributed by atoms with Crippen molar-refractivity contribution in [3.63, 3.8) is 0 Å². The van der Waals surface area contributed by atoms with Gasteiger partial charge in [-0.05, 0) is 66.1 Å². The Morgan fingerprint density at radius 2 is 1.87 bits per heavy atom. The van der Waals surface area contributed by atoms with E-state index in [1.165, 1.54) is 18.3 Å². The first kappa shape index (κ1) is 25.3. The number of methoxy groups -OCH3 is 1. The number of carbonyl (C=O) groups excluding carboxylic acids is 1. The van der Waals surface area contributed by atoms with Gasteiger partial charge in [-0.25, -0.2) is 9.18 Å². The lowest BCUT2D eigenvalue weighted by molar-refractivity contribution is 0.155. The predicted molar refractivity (Wildman–Crippen MR) is 147 cm³/mol. The van der Waals surface area contributed by atoms with Crippen molar-refractivity contribution in [2.45, 2.75) is 13.5 Å². The maximum absolute atomic E-state index is 15.1. The zero-order valence-corrected chi connectivity index (χ0v) is 21.2. The Morgan fingerprint density at radius 3 is 2.62 bits per heavy atom. The fourth-order valence-corrected chi connectivity index (χ4v) is 4.25. The lowest BCUT2D eigenvalue weighted by Gasteiger charge is -2.16. The third-order valence-corrected chi connectivity index (χ3v) is 6.38. The molecule has 2 aromatic heterocycles. The number of aromatic amines is 1. The number of nitrogens with zero attached hydrogens (tertiary/aromatic N) is 2. The molecule has 5 aromatic rings. The summed E-state index contributed by atoms with van der Waals surface area (Å²) in [6, 6.07) is 19.4. The Morgan fingerprint density at radius 1 is 1.08 bits per heavy atom. The first-order chi connectivity index (χ1) is 19.0. The van der Waals surface area contributed by atoms with Crippen LogP contribution < -0.4 is 15.4 Å². The second-order valence-corrected chi connectivity index (χ2v) is 8.77. The van der Waals surface area contributed by atoms with Crippen molar-refractivity contribution in [2.24, 2.45) is 0 Å². The van der Waals surface area contributed by atoms with Gasteiger partial charge in [0.05, 0.1) is 24.0 Å². The Hall–Kier alpha value is -5.36. The summed E-state index contributed by atoms with van der Waals surface area (Å²) in [6.45, 7) is 2.00. The number of nitrogens with one attached hydrogen (secondary N) is 3. The highest BCUT2D eigenvalue weighted by atomic mass is 19.1. The van der Waals surface area contributed by atoms with Crippen molar-refractivity contribution in [3.8, 4) is 22.9 Å². The number of aryl methyl sites for hydroxylation is 1. The minimum atomic E-state index is -0.788. The highest BCUT2D eigenvalue weighted by molar-refractivity contribution is 5.92. The summed E-state index contributed by atoms with van der Waals surface area (Å²) in [7, 11) is 1.57. The second-order valence-electron chi connectivity index (χ2n) is 8.77. The minimum Gasteiger partial charge on any atom is -0.497 e. The number of anilines is 3. The molecule has 2 heterocycles. The summed E-state index contributed by atoms with van der Waals surface area (Å²) in [5, 5.41) is 16.6. The van der Waals surface area contributed by atoms with Crippen molar-refractivity contribution in [2.75, 3.05) is 17.7 Å². The molecule has 0 radical (unpaired) electrons. The number of hydrogen-bond donors (Lipinski definition) is 3. The van der Waals surface area contributed by atoms with Crippen LogP contribution in [0, 0.1) is 24.1 Å². The van der Waals surface area contributed by atoms with Gasteiger partial charge in [-0.15, -0.1) is 0 Å². The van der Waals surface area contributed by atoms with E-state index in [1.807, 2.05) is 31.3 Å². The van der Waals surface area contributed by atoms with Crippen LogP contribution in [-0.2, 0) is 11.3 Å². The van der Waals surface area contributed by atoms with Crippen LogP contribution >= 0.6 is 0 Å². The van der Waals surface area contributed by atoms with E-state index in [9.17, 15) is 10.1 Å². The Balaban J connectivity index is 1.36. The van der Waals surface area contributed by atoms with Crippen LogP contribution in [0.5, 0.6) is 5.75 Å². The molecule has 1 amide bonds. The number of halogens is 1. The summed E-state index contributed by atoms with van der Waals surface area (Å²) in [4.78, 5) is 19.6. The van der Waals surface area contributed by atoms with Gasteiger partial charge in [0.2, 0.25) is 0 Å². The highest BCUT2D eigenvalue weighted by Crippen LogP contribution is 2.36. The zero-order valence-electron chi connectivity index (χ0n) is 21.2. The molecule has 0 aliphatic rings. The lowest BCUT2D eigenvalue weighted by Crippen LogP contribution is -2.14. The molecule has 3 N–H and O–H groups in total. The molecule has 0 bridgehead atoms. The van der Waals surface area contributed by atoms with E-state index in [4.69, 9.17) is 9.47 Å². The molecule has 9 heteroatoms. The number of H-pyrrole nitrogens is 1. The first-order valence-electron chi connectivity index (χ1n) is 12.0. The van der Waals surface area contributed by atoms with Gasteiger partial charge in [0.15, 0.2) is 0 Å². The largest absolute Gasteiger partial charge is 0.497 e. The number of amides is 1. The van der Waals surface area contributed by atoms with Gasteiger partial charge in [-0.1, -0.05) is 18.2 Å². The first-order valence-corrected chi connectivity index (χ1v) is 12.0. The summed E-state index contributed by atoms with van der Waals surface area (Å²) >= 11 is 0. The van der Waals surface area contributed by atoms with E-state index in [-0.39, 0.29) is 12.3 Å². The van der Waals surface area contributed by atoms with Gasteiger partial charge in [-0.3, -0.25) is 10.3 Å². The average Bonchev–Trinajstić information content (AvgIpc) is 3.45. The highest BCUT2D eigenvalue weighted by Gasteiger charge is 2.16. The molecular formula is C30H24FN5O3. The smallest absolute Gasteiger partial charge is 0.412 e. The Labute approximate surface area is 224 Å². The topological polar surface area (TPSA) is 112 Å². The molecule has 0 aliphatic heterocycles. The van der Waals surface area contributed by atoms with Crippen LogP contribution in [0.1, 0.15) is 16.7 Å². The fraction of sp³-hybridized carbons (Fsp3) is 0.100. The van der Waals surface area contributed by atoms with Crippen molar-refractivity contribution >= 4 is 34.1 Å². The SMILES string of the molecule is COc1ccc(COC(=O)Nc2ccc(-c3cncc(C#N)c3Nc3ccc4[nH]ccc4c3C)cc2F)cc1. The Kier molecular flexibility index (Phi) is 7.10. The monoisotopic (exact) mass is 521 g/mol. The van der Waals surface area contributed by atoms with Crippen molar-refractivity contribution in [1.82, 2.24) is 9.97 Å². The number of pyridine rings is 1. The number of rotatable bonds is 7. The molecule has 194 valence electrons. The number of hydrogen-bond acceptors (Lipinski definition) is 6. The van der Waals surface area contributed by atoms with Crippen LogP contribution in [-0.4, -0.2) is 23.2 Å². The van der Waals surface area contributed by atoms with Gasteiger partial charge in [-0.2, -0.15) is 5.26 Å². The van der Waals surface area contributed by atoms with E-state index < -0.39 is 11.9 Å². The quantitative estimate of drug-likeness (QED) is 0.212. The predicted octanol–water partition coefficient (Wildman–Crippen LogP) is 7.05. The number of ether oxygens (including phenoxy) is 2. The Bertz CT molecular complexity index is 1710. The van der Waals surface area contributed by atoms with Crippen molar-refractivity contribution in [3.05, 3.63) is 102 Å². The number of fused-ring (bicyclic) bond motifs is 1.